The number of benzene rings is 3. The lowest BCUT2D eigenvalue weighted by atomic mass is 10.1. The number of nitrogens with one attached hydrogen (secondary N) is 1. The number of hydrogen-bond acceptors (Lipinski definition) is 4. The van der Waals surface area contributed by atoms with Crippen LogP contribution in [0, 0.1) is 0 Å². The summed E-state index contributed by atoms with van der Waals surface area (Å²) in [6, 6.07) is 19.8. The van der Waals surface area contributed by atoms with Gasteiger partial charge >= 0.3 is 0 Å². The van der Waals surface area contributed by atoms with Gasteiger partial charge in [0.25, 0.3) is 5.91 Å². The van der Waals surface area contributed by atoms with E-state index in [1.165, 1.54) is 22.7 Å². The van der Waals surface area contributed by atoms with E-state index in [0.717, 1.165) is 37.0 Å². The molecule has 0 bridgehead atoms. The largest absolute Gasteiger partial charge is 0.348 e. The number of halogens is 2. The van der Waals surface area contributed by atoms with Gasteiger partial charge in [0.2, 0.25) is 10.0 Å². The molecule has 0 aliphatic carbocycles. The highest BCUT2D eigenvalue weighted by atomic mass is 35.5. The minimum atomic E-state index is -3.59. The van der Waals surface area contributed by atoms with Gasteiger partial charge in [-0.1, -0.05) is 59.6 Å². The van der Waals surface area contributed by atoms with Crippen LogP contribution in [0.5, 0.6) is 0 Å². The van der Waals surface area contributed by atoms with Crippen LogP contribution in [0.3, 0.4) is 0 Å². The summed E-state index contributed by atoms with van der Waals surface area (Å²) in [6.07, 6.45) is 3.65. The first kappa shape index (κ1) is 26.5. The molecule has 3 aromatic carbocycles. The average Bonchev–Trinajstić information content (AvgIpc) is 3.33. The molecule has 4 rings (SSSR count). The molecule has 1 saturated heterocycles. The molecule has 0 saturated carbocycles. The highest BCUT2D eigenvalue weighted by Crippen LogP contribution is 2.28. The first-order valence-corrected chi connectivity index (χ1v) is 14.4. The van der Waals surface area contributed by atoms with Crippen molar-refractivity contribution >= 4 is 44.8 Å². The van der Waals surface area contributed by atoms with Crippen molar-refractivity contribution in [2.24, 2.45) is 0 Å². The van der Waals surface area contributed by atoms with E-state index < -0.39 is 10.0 Å². The van der Waals surface area contributed by atoms with Gasteiger partial charge in [-0.25, -0.2) is 8.42 Å². The van der Waals surface area contributed by atoms with Gasteiger partial charge < -0.3 is 5.32 Å². The second-order valence-electron chi connectivity index (χ2n) is 9.08. The third-order valence-electron chi connectivity index (χ3n) is 6.13. The minimum absolute atomic E-state index is 0.0845. The zero-order valence-electron chi connectivity index (χ0n) is 20.1. The van der Waals surface area contributed by atoms with Crippen LogP contribution >= 0.6 is 23.2 Å². The Labute approximate surface area is 222 Å². The molecule has 0 spiro atoms. The van der Waals surface area contributed by atoms with Gasteiger partial charge in [0.1, 0.15) is 0 Å². The second kappa shape index (κ2) is 11.6. The summed E-state index contributed by atoms with van der Waals surface area (Å²) in [5.74, 6) is -0.187. The minimum Gasteiger partial charge on any atom is -0.348 e. The van der Waals surface area contributed by atoms with E-state index in [1.54, 1.807) is 42.5 Å². The van der Waals surface area contributed by atoms with Crippen molar-refractivity contribution in [3.05, 3.63) is 99.0 Å². The molecule has 9 heteroatoms. The Hall–Kier alpha value is -2.58. The third kappa shape index (κ3) is 7.23. The first-order chi connectivity index (χ1) is 17.2. The lowest BCUT2D eigenvalue weighted by Gasteiger charge is -2.23. The summed E-state index contributed by atoms with van der Waals surface area (Å²) in [4.78, 5) is 15.2. The number of hydrogen-bond donors (Lipinski definition) is 1. The Morgan fingerprint density at radius 2 is 1.56 bits per heavy atom. The molecule has 190 valence electrons. The lowest BCUT2D eigenvalue weighted by Crippen LogP contribution is -2.29. The molecule has 0 aromatic heterocycles. The number of amides is 1. The van der Waals surface area contributed by atoms with Gasteiger partial charge in [0, 0.05) is 28.7 Å². The molecular weight excluding hydrogens is 517 g/mol. The van der Waals surface area contributed by atoms with Crippen molar-refractivity contribution in [3.63, 3.8) is 0 Å². The fourth-order valence-electron chi connectivity index (χ4n) is 4.33. The SMILES string of the molecule is CS(=O)(=O)N(Cc1ccc(C(=O)NCc2cccc(CN3CCCC3)c2)cc1)c1cc(Cl)cc(Cl)c1. The van der Waals surface area contributed by atoms with E-state index in [9.17, 15) is 13.2 Å². The molecule has 0 unspecified atom stereocenters. The summed E-state index contributed by atoms with van der Waals surface area (Å²) in [7, 11) is -3.59. The maximum Gasteiger partial charge on any atom is 0.251 e. The maximum absolute atomic E-state index is 12.7. The van der Waals surface area contributed by atoms with E-state index in [0.29, 0.717) is 27.8 Å². The van der Waals surface area contributed by atoms with Gasteiger partial charge in [-0.15, -0.1) is 0 Å². The molecule has 0 radical (unpaired) electrons. The Bertz CT molecular complexity index is 1300. The Morgan fingerprint density at radius 1 is 0.917 bits per heavy atom. The van der Waals surface area contributed by atoms with Crippen molar-refractivity contribution in [2.45, 2.75) is 32.5 Å². The number of nitrogens with zero attached hydrogens (tertiary/aromatic N) is 2. The van der Waals surface area contributed by atoms with Crippen LogP contribution in [-0.4, -0.2) is 38.6 Å². The van der Waals surface area contributed by atoms with Crippen molar-refractivity contribution < 1.29 is 13.2 Å². The first-order valence-electron chi connectivity index (χ1n) is 11.8. The lowest BCUT2D eigenvalue weighted by molar-refractivity contribution is 0.0951. The van der Waals surface area contributed by atoms with Gasteiger partial charge in [-0.2, -0.15) is 0 Å². The zero-order valence-corrected chi connectivity index (χ0v) is 22.4. The molecule has 3 aromatic rings. The van der Waals surface area contributed by atoms with Crippen molar-refractivity contribution in [2.75, 3.05) is 23.7 Å². The average molecular weight is 547 g/mol. The van der Waals surface area contributed by atoms with Crippen LogP contribution < -0.4 is 9.62 Å². The normalized spacial score (nSPS) is 14.1. The van der Waals surface area contributed by atoms with Gasteiger partial charge in [0.05, 0.1) is 18.5 Å². The van der Waals surface area contributed by atoms with Crippen LogP contribution in [-0.2, 0) is 29.7 Å². The Morgan fingerprint density at radius 3 is 2.19 bits per heavy atom. The van der Waals surface area contributed by atoms with Crippen molar-refractivity contribution in [3.8, 4) is 0 Å². The molecule has 1 aliphatic heterocycles. The molecule has 1 N–H and O–H groups in total. The molecule has 1 amide bonds. The summed E-state index contributed by atoms with van der Waals surface area (Å²) in [6.45, 7) is 3.75. The maximum atomic E-state index is 12.7. The molecule has 0 atom stereocenters. The summed E-state index contributed by atoms with van der Waals surface area (Å²) >= 11 is 12.1. The Kier molecular flexibility index (Phi) is 8.57. The highest BCUT2D eigenvalue weighted by Gasteiger charge is 2.19. The second-order valence-corrected chi connectivity index (χ2v) is 11.9. The zero-order chi connectivity index (χ0) is 25.7. The fraction of sp³-hybridized carbons (Fsp3) is 0.296. The Balaban J connectivity index is 1.38. The van der Waals surface area contributed by atoms with Crippen LogP contribution in [0.1, 0.15) is 39.9 Å². The van der Waals surface area contributed by atoms with Crippen molar-refractivity contribution in [1.29, 1.82) is 0 Å². The monoisotopic (exact) mass is 545 g/mol. The molecule has 1 aliphatic rings. The molecule has 6 nitrogen and oxygen atoms in total. The van der Waals surface area contributed by atoms with Gasteiger partial charge in [-0.3, -0.25) is 14.0 Å². The number of carbonyl (C=O) groups excluding carboxylic acids is 1. The van der Waals surface area contributed by atoms with Crippen LogP contribution in [0.4, 0.5) is 5.69 Å². The number of rotatable bonds is 9. The van der Waals surface area contributed by atoms with Crippen LogP contribution in [0.2, 0.25) is 10.0 Å². The third-order valence-corrected chi connectivity index (χ3v) is 7.70. The number of anilines is 1. The molecule has 36 heavy (non-hydrogen) atoms. The summed E-state index contributed by atoms with van der Waals surface area (Å²) in [5, 5.41) is 3.66. The summed E-state index contributed by atoms with van der Waals surface area (Å²) in [5.41, 5.74) is 3.92. The van der Waals surface area contributed by atoms with E-state index in [1.807, 2.05) is 12.1 Å². The van der Waals surface area contributed by atoms with E-state index in [-0.39, 0.29) is 12.5 Å². The predicted molar refractivity (Wildman–Crippen MR) is 146 cm³/mol. The standard InChI is InChI=1S/C27H29Cl2N3O3S/c1-36(34,35)32(26-15-24(28)14-25(29)16-26)19-20-7-9-23(10-8-20)27(33)30-17-21-5-4-6-22(13-21)18-31-11-2-3-12-31/h4-10,13-16H,2-3,11-12,17-19H2,1H3,(H,30,33). The number of likely N-dealkylation sites (tertiary alicyclic amines) is 1. The molecule has 1 fully saturated rings. The van der Waals surface area contributed by atoms with E-state index in [4.69, 9.17) is 23.2 Å². The molecule has 1 heterocycles. The number of sulfonamides is 1. The predicted octanol–water partition coefficient (Wildman–Crippen LogP) is 5.49. The summed E-state index contributed by atoms with van der Waals surface area (Å²) < 4.78 is 26.1. The smallest absolute Gasteiger partial charge is 0.251 e. The van der Waals surface area contributed by atoms with Crippen molar-refractivity contribution in [1.82, 2.24) is 10.2 Å². The molecular formula is C27H29Cl2N3O3S. The number of carbonyl (C=O) groups is 1. The van der Waals surface area contributed by atoms with Gasteiger partial charge in [-0.05, 0) is 73.0 Å². The quantitative estimate of drug-likeness (QED) is 0.386. The van der Waals surface area contributed by atoms with E-state index >= 15 is 0 Å². The van der Waals surface area contributed by atoms with Crippen LogP contribution in [0.25, 0.3) is 0 Å². The van der Waals surface area contributed by atoms with E-state index in [2.05, 4.69) is 22.3 Å². The highest BCUT2D eigenvalue weighted by molar-refractivity contribution is 7.92. The fourth-order valence-corrected chi connectivity index (χ4v) is 5.72. The van der Waals surface area contributed by atoms with Gasteiger partial charge in [0.15, 0.2) is 0 Å². The topological polar surface area (TPSA) is 69.7 Å². The van der Waals surface area contributed by atoms with Crippen LogP contribution in [0.15, 0.2) is 66.7 Å².